The van der Waals surface area contributed by atoms with Gasteiger partial charge in [-0.15, -0.1) is 0 Å². The highest BCUT2D eigenvalue weighted by Gasteiger charge is 1.99. The minimum absolute atomic E-state index is 0.796. The van der Waals surface area contributed by atoms with Crippen molar-refractivity contribution in [3.8, 4) is 0 Å². The Bertz CT molecular complexity index is 393. The summed E-state index contributed by atoms with van der Waals surface area (Å²) in [5, 5.41) is 0. The number of hydrogen-bond acceptors (Lipinski definition) is 2. The van der Waals surface area contributed by atoms with Gasteiger partial charge >= 0.3 is 0 Å². The molecule has 56 valence electrons. The monoisotopic (exact) mass is 211 g/mol. The van der Waals surface area contributed by atoms with E-state index < -0.39 is 0 Å². The Labute approximate surface area is 72.2 Å². The van der Waals surface area contributed by atoms with Crippen molar-refractivity contribution in [1.29, 1.82) is 0 Å². The SMILES string of the molecule is Cc1cc2nccn2c(Br)n1. The number of nitrogens with zero attached hydrogens (tertiary/aromatic N) is 3. The lowest BCUT2D eigenvalue weighted by Gasteiger charge is -1.97. The van der Waals surface area contributed by atoms with Gasteiger partial charge in [0.1, 0.15) is 5.65 Å². The highest BCUT2D eigenvalue weighted by atomic mass is 79.9. The van der Waals surface area contributed by atoms with Gasteiger partial charge in [-0.1, -0.05) is 0 Å². The third-order valence-electron chi connectivity index (χ3n) is 1.47. The number of fused-ring (bicyclic) bond motifs is 1. The van der Waals surface area contributed by atoms with E-state index in [9.17, 15) is 0 Å². The first-order valence-corrected chi connectivity index (χ1v) is 4.03. The van der Waals surface area contributed by atoms with Crippen molar-refractivity contribution in [2.75, 3.05) is 0 Å². The number of rotatable bonds is 0. The van der Waals surface area contributed by atoms with E-state index in [0.717, 1.165) is 16.1 Å². The summed E-state index contributed by atoms with van der Waals surface area (Å²) in [6.07, 6.45) is 3.62. The number of imidazole rings is 1. The second-order valence-electron chi connectivity index (χ2n) is 2.32. The van der Waals surface area contributed by atoms with Crippen LogP contribution in [0, 0.1) is 6.92 Å². The summed E-state index contributed by atoms with van der Waals surface area (Å²) < 4.78 is 2.68. The van der Waals surface area contributed by atoms with E-state index in [2.05, 4.69) is 25.9 Å². The normalized spacial score (nSPS) is 10.7. The van der Waals surface area contributed by atoms with Crippen LogP contribution in [-0.2, 0) is 0 Å². The zero-order chi connectivity index (χ0) is 7.84. The molecule has 0 aliphatic rings. The molecule has 0 saturated heterocycles. The molecule has 0 radical (unpaired) electrons. The Hall–Kier alpha value is -0.900. The molecular formula is C7H6BrN3. The molecule has 2 aromatic heterocycles. The molecule has 4 heteroatoms. The molecule has 11 heavy (non-hydrogen) atoms. The van der Waals surface area contributed by atoms with E-state index >= 15 is 0 Å². The summed E-state index contributed by atoms with van der Waals surface area (Å²) in [5.74, 6) is 0. The quantitative estimate of drug-likeness (QED) is 0.623. The highest BCUT2D eigenvalue weighted by Crippen LogP contribution is 2.10. The van der Waals surface area contributed by atoms with Crippen molar-refractivity contribution in [2.24, 2.45) is 0 Å². The molecule has 0 aliphatic heterocycles. The van der Waals surface area contributed by atoms with Gasteiger partial charge < -0.3 is 0 Å². The molecule has 3 nitrogen and oxygen atoms in total. The van der Waals surface area contributed by atoms with E-state index in [-0.39, 0.29) is 0 Å². The lowest BCUT2D eigenvalue weighted by molar-refractivity contribution is 1.00. The second-order valence-corrected chi connectivity index (χ2v) is 3.03. The van der Waals surface area contributed by atoms with Crippen LogP contribution in [-0.4, -0.2) is 14.4 Å². The van der Waals surface area contributed by atoms with Gasteiger partial charge in [0.05, 0.1) is 0 Å². The van der Waals surface area contributed by atoms with Crippen molar-refractivity contribution in [1.82, 2.24) is 14.4 Å². The molecule has 0 atom stereocenters. The second kappa shape index (κ2) is 2.30. The molecular weight excluding hydrogens is 206 g/mol. The van der Waals surface area contributed by atoms with Gasteiger partial charge in [-0.05, 0) is 22.9 Å². The van der Waals surface area contributed by atoms with E-state index in [0.29, 0.717) is 0 Å². The van der Waals surface area contributed by atoms with Crippen LogP contribution in [0.2, 0.25) is 0 Å². The van der Waals surface area contributed by atoms with Gasteiger partial charge in [0, 0.05) is 24.2 Å². The number of aryl methyl sites for hydroxylation is 1. The van der Waals surface area contributed by atoms with Gasteiger partial charge in [-0.25, -0.2) is 9.97 Å². The van der Waals surface area contributed by atoms with E-state index in [1.54, 1.807) is 6.20 Å². The Kier molecular flexibility index (Phi) is 1.42. The largest absolute Gasteiger partial charge is 0.278 e. The van der Waals surface area contributed by atoms with E-state index in [1.165, 1.54) is 0 Å². The molecule has 2 aromatic rings. The predicted molar refractivity (Wildman–Crippen MR) is 45.4 cm³/mol. The summed E-state index contributed by atoms with van der Waals surface area (Å²) in [6, 6.07) is 1.94. The number of hydrogen-bond donors (Lipinski definition) is 0. The first kappa shape index (κ1) is 6.79. The molecule has 0 fully saturated rings. The number of halogens is 1. The van der Waals surface area contributed by atoms with Gasteiger partial charge in [0.15, 0.2) is 4.73 Å². The van der Waals surface area contributed by atoms with Crippen molar-refractivity contribution in [2.45, 2.75) is 6.92 Å². The minimum atomic E-state index is 0.796. The Morgan fingerprint density at radius 3 is 3.18 bits per heavy atom. The smallest absolute Gasteiger partial charge is 0.183 e. The molecule has 0 bridgehead atoms. The molecule has 0 amide bonds. The minimum Gasteiger partial charge on any atom is -0.278 e. The fourth-order valence-corrected chi connectivity index (χ4v) is 1.58. The zero-order valence-corrected chi connectivity index (χ0v) is 7.54. The Morgan fingerprint density at radius 2 is 2.36 bits per heavy atom. The lowest BCUT2D eigenvalue weighted by Crippen LogP contribution is -1.91. The van der Waals surface area contributed by atoms with Crippen molar-refractivity contribution < 1.29 is 0 Å². The van der Waals surface area contributed by atoms with Gasteiger partial charge in [-0.3, -0.25) is 4.40 Å². The van der Waals surface area contributed by atoms with E-state index in [4.69, 9.17) is 0 Å². The molecule has 0 spiro atoms. The molecule has 2 rings (SSSR count). The topological polar surface area (TPSA) is 30.2 Å². The van der Waals surface area contributed by atoms with Crippen LogP contribution in [0.4, 0.5) is 0 Å². The molecule has 0 N–H and O–H groups in total. The van der Waals surface area contributed by atoms with Crippen LogP contribution >= 0.6 is 15.9 Å². The number of aromatic nitrogens is 3. The van der Waals surface area contributed by atoms with E-state index in [1.807, 2.05) is 23.6 Å². The summed E-state index contributed by atoms with van der Waals surface area (Å²) in [6.45, 7) is 1.94. The average Bonchev–Trinajstić information content (AvgIpc) is 2.34. The first-order chi connectivity index (χ1) is 5.27. The predicted octanol–water partition coefficient (Wildman–Crippen LogP) is 1.80. The highest BCUT2D eigenvalue weighted by molar-refractivity contribution is 9.10. The van der Waals surface area contributed by atoms with Crippen molar-refractivity contribution in [3.63, 3.8) is 0 Å². The lowest BCUT2D eigenvalue weighted by atomic mass is 10.4. The fraction of sp³-hybridized carbons (Fsp3) is 0.143. The van der Waals surface area contributed by atoms with Crippen LogP contribution in [0.3, 0.4) is 0 Å². The van der Waals surface area contributed by atoms with Crippen LogP contribution in [0.25, 0.3) is 5.65 Å². The van der Waals surface area contributed by atoms with Crippen molar-refractivity contribution >= 4 is 21.6 Å². The fourth-order valence-electron chi connectivity index (χ4n) is 0.996. The maximum Gasteiger partial charge on any atom is 0.183 e. The zero-order valence-electron chi connectivity index (χ0n) is 5.95. The summed E-state index contributed by atoms with van der Waals surface area (Å²) in [7, 11) is 0. The standard InChI is InChI=1S/C7H6BrN3/c1-5-4-6-9-2-3-11(6)7(8)10-5/h2-4H,1H3. The van der Waals surface area contributed by atoms with Crippen LogP contribution in [0.15, 0.2) is 23.2 Å². The van der Waals surface area contributed by atoms with Gasteiger partial charge in [0.25, 0.3) is 0 Å². The maximum absolute atomic E-state index is 4.21. The Balaban J connectivity index is 2.91. The van der Waals surface area contributed by atoms with Crippen LogP contribution in [0.5, 0.6) is 0 Å². The molecule has 0 aromatic carbocycles. The molecule has 0 unspecified atom stereocenters. The summed E-state index contributed by atoms with van der Waals surface area (Å²) >= 11 is 3.34. The summed E-state index contributed by atoms with van der Waals surface area (Å²) in [4.78, 5) is 8.35. The molecule has 0 saturated carbocycles. The van der Waals surface area contributed by atoms with Crippen LogP contribution < -0.4 is 0 Å². The Morgan fingerprint density at radius 1 is 1.55 bits per heavy atom. The van der Waals surface area contributed by atoms with Crippen LogP contribution in [0.1, 0.15) is 5.69 Å². The first-order valence-electron chi connectivity index (χ1n) is 3.23. The van der Waals surface area contributed by atoms with Crippen molar-refractivity contribution in [3.05, 3.63) is 28.9 Å². The third-order valence-corrected chi connectivity index (χ3v) is 2.03. The van der Waals surface area contributed by atoms with Gasteiger partial charge in [-0.2, -0.15) is 0 Å². The molecule has 2 heterocycles. The molecule has 0 aliphatic carbocycles. The maximum atomic E-state index is 4.21. The van der Waals surface area contributed by atoms with Gasteiger partial charge in [0.2, 0.25) is 0 Å². The average molecular weight is 212 g/mol. The summed E-state index contributed by atoms with van der Waals surface area (Å²) in [5.41, 5.74) is 1.89. The third kappa shape index (κ3) is 1.03.